The van der Waals surface area contributed by atoms with Crippen molar-refractivity contribution < 1.29 is 14.3 Å². The van der Waals surface area contributed by atoms with Gasteiger partial charge in [0.15, 0.2) is 6.61 Å². The maximum atomic E-state index is 12.0. The maximum absolute atomic E-state index is 12.0. The van der Waals surface area contributed by atoms with Gasteiger partial charge in [-0.25, -0.2) is 9.97 Å². The van der Waals surface area contributed by atoms with Gasteiger partial charge in [0.2, 0.25) is 0 Å². The van der Waals surface area contributed by atoms with Crippen LogP contribution in [0.25, 0.3) is 10.9 Å². The number of hydrogen-bond acceptors (Lipinski definition) is 5. The molecule has 1 aromatic heterocycles. The molecule has 0 spiro atoms. The average molecular weight is 358 g/mol. The SMILES string of the molecule is COc1ccc(Cl)cc1CNC(=O)COc1ccc2cncnc2c1. The van der Waals surface area contributed by atoms with Crippen LogP contribution >= 0.6 is 11.6 Å². The fraction of sp³-hybridized carbons (Fsp3) is 0.167. The van der Waals surface area contributed by atoms with E-state index >= 15 is 0 Å². The highest BCUT2D eigenvalue weighted by atomic mass is 35.5. The lowest BCUT2D eigenvalue weighted by molar-refractivity contribution is -0.123. The van der Waals surface area contributed by atoms with E-state index in [-0.39, 0.29) is 12.5 Å². The molecule has 0 radical (unpaired) electrons. The number of ether oxygens (including phenoxy) is 2. The van der Waals surface area contributed by atoms with Gasteiger partial charge in [-0.05, 0) is 30.3 Å². The van der Waals surface area contributed by atoms with Crippen molar-refractivity contribution in [3.05, 3.63) is 59.5 Å². The first kappa shape index (κ1) is 17.0. The van der Waals surface area contributed by atoms with E-state index in [4.69, 9.17) is 21.1 Å². The minimum Gasteiger partial charge on any atom is -0.496 e. The summed E-state index contributed by atoms with van der Waals surface area (Å²) in [5.74, 6) is 0.992. The molecule has 0 bridgehead atoms. The second-order valence-corrected chi connectivity index (χ2v) is 5.70. The molecule has 1 N–H and O–H groups in total. The van der Waals surface area contributed by atoms with Gasteiger partial charge in [-0.15, -0.1) is 0 Å². The van der Waals surface area contributed by atoms with E-state index in [1.807, 2.05) is 6.07 Å². The molecule has 0 aliphatic carbocycles. The van der Waals surface area contributed by atoms with Crippen molar-refractivity contribution in [3.63, 3.8) is 0 Å². The zero-order valence-corrected chi connectivity index (χ0v) is 14.3. The number of nitrogens with zero attached hydrogens (tertiary/aromatic N) is 2. The molecule has 0 aliphatic heterocycles. The van der Waals surface area contributed by atoms with Crippen molar-refractivity contribution in [2.45, 2.75) is 6.54 Å². The summed E-state index contributed by atoms with van der Waals surface area (Å²) in [6, 6.07) is 10.6. The van der Waals surface area contributed by atoms with Crippen LogP contribution in [0, 0.1) is 0 Å². The molecule has 25 heavy (non-hydrogen) atoms. The monoisotopic (exact) mass is 357 g/mol. The zero-order valence-electron chi connectivity index (χ0n) is 13.5. The normalized spacial score (nSPS) is 10.5. The lowest BCUT2D eigenvalue weighted by Crippen LogP contribution is -2.28. The smallest absolute Gasteiger partial charge is 0.258 e. The van der Waals surface area contributed by atoms with Gasteiger partial charge in [0, 0.05) is 34.8 Å². The van der Waals surface area contributed by atoms with E-state index in [0.29, 0.717) is 23.1 Å². The highest BCUT2D eigenvalue weighted by molar-refractivity contribution is 6.30. The summed E-state index contributed by atoms with van der Waals surface area (Å²) in [5.41, 5.74) is 1.56. The Hall–Kier alpha value is -2.86. The molecule has 7 heteroatoms. The summed E-state index contributed by atoms with van der Waals surface area (Å²) in [6.07, 6.45) is 3.19. The van der Waals surface area contributed by atoms with Crippen LogP contribution < -0.4 is 14.8 Å². The van der Waals surface area contributed by atoms with Crippen LogP contribution in [0.2, 0.25) is 5.02 Å². The third kappa shape index (κ3) is 4.36. The molecular weight excluding hydrogens is 342 g/mol. The number of hydrogen-bond donors (Lipinski definition) is 1. The summed E-state index contributed by atoms with van der Waals surface area (Å²) in [4.78, 5) is 20.1. The van der Waals surface area contributed by atoms with Crippen LogP contribution in [-0.4, -0.2) is 29.6 Å². The topological polar surface area (TPSA) is 73.3 Å². The number of carbonyl (C=O) groups excluding carboxylic acids is 1. The first-order valence-electron chi connectivity index (χ1n) is 7.57. The predicted molar refractivity (Wildman–Crippen MR) is 94.9 cm³/mol. The number of carbonyl (C=O) groups is 1. The first-order chi connectivity index (χ1) is 12.2. The van der Waals surface area contributed by atoms with Crippen LogP contribution in [0.1, 0.15) is 5.56 Å². The molecule has 3 rings (SSSR count). The molecule has 128 valence electrons. The molecule has 0 aliphatic rings. The number of nitrogens with one attached hydrogen (secondary N) is 1. The molecule has 1 amide bonds. The van der Waals surface area contributed by atoms with E-state index < -0.39 is 0 Å². The molecule has 0 fully saturated rings. The van der Waals surface area contributed by atoms with Gasteiger partial charge in [0.25, 0.3) is 5.91 Å². The molecule has 6 nitrogen and oxygen atoms in total. The Morgan fingerprint density at radius 3 is 2.96 bits per heavy atom. The molecule has 0 unspecified atom stereocenters. The summed E-state index contributed by atoms with van der Waals surface area (Å²) in [6.45, 7) is 0.205. The van der Waals surface area contributed by atoms with Crippen LogP contribution in [0.5, 0.6) is 11.5 Å². The molecule has 3 aromatic rings. The summed E-state index contributed by atoms with van der Waals surface area (Å²) >= 11 is 5.97. The van der Waals surface area contributed by atoms with Gasteiger partial charge in [-0.1, -0.05) is 11.6 Å². The molecule has 0 saturated heterocycles. The highest BCUT2D eigenvalue weighted by Gasteiger charge is 2.08. The average Bonchev–Trinajstić information content (AvgIpc) is 2.64. The number of aromatic nitrogens is 2. The van der Waals surface area contributed by atoms with Crippen molar-refractivity contribution in [2.24, 2.45) is 0 Å². The van der Waals surface area contributed by atoms with Gasteiger partial charge in [-0.2, -0.15) is 0 Å². The predicted octanol–water partition coefficient (Wildman–Crippen LogP) is 2.99. The summed E-state index contributed by atoms with van der Waals surface area (Å²) in [5, 5.41) is 4.27. The Balaban J connectivity index is 1.56. The second kappa shape index (κ2) is 7.81. The van der Waals surface area contributed by atoms with Gasteiger partial charge < -0.3 is 14.8 Å². The Bertz CT molecular complexity index is 902. The van der Waals surface area contributed by atoms with E-state index in [0.717, 1.165) is 16.5 Å². The minimum atomic E-state index is -0.246. The standard InChI is InChI=1S/C18H16ClN3O3/c1-24-17-5-3-14(19)6-13(17)9-21-18(23)10-25-15-4-2-12-8-20-11-22-16(12)7-15/h2-8,11H,9-10H2,1H3,(H,21,23). The Morgan fingerprint density at radius 2 is 2.12 bits per heavy atom. The summed E-state index contributed by atoms with van der Waals surface area (Å²) < 4.78 is 10.8. The van der Waals surface area contributed by atoms with Crippen LogP contribution in [0.3, 0.4) is 0 Å². The van der Waals surface area contributed by atoms with Gasteiger partial charge in [0.1, 0.15) is 17.8 Å². The number of fused-ring (bicyclic) bond motifs is 1. The van der Waals surface area contributed by atoms with E-state index in [9.17, 15) is 4.79 Å². The molecule has 0 saturated carbocycles. The lowest BCUT2D eigenvalue weighted by Gasteiger charge is -2.11. The zero-order chi connectivity index (χ0) is 17.6. The fourth-order valence-corrected chi connectivity index (χ4v) is 2.52. The number of rotatable bonds is 6. The number of halogens is 1. The number of methoxy groups -OCH3 is 1. The Labute approximate surface area is 149 Å². The van der Waals surface area contributed by atoms with Crippen LogP contribution in [0.15, 0.2) is 48.9 Å². The molecule has 1 heterocycles. The highest BCUT2D eigenvalue weighted by Crippen LogP contribution is 2.22. The van der Waals surface area contributed by atoms with Crippen molar-refractivity contribution in [1.29, 1.82) is 0 Å². The Morgan fingerprint density at radius 1 is 1.24 bits per heavy atom. The van der Waals surface area contributed by atoms with Crippen LogP contribution in [-0.2, 0) is 11.3 Å². The van der Waals surface area contributed by atoms with E-state index in [1.54, 1.807) is 43.6 Å². The molecular formula is C18H16ClN3O3. The largest absolute Gasteiger partial charge is 0.496 e. The van der Waals surface area contributed by atoms with E-state index in [1.165, 1.54) is 6.33 Å². The second-order valence-electron chi connectivity index (χ2n) is 5.26. The lowest BCUT2D eigenvalue weighted by atomic mass is 10.2. The van der Waals surface area contributed by atoms with Gasteiger partial charge in [-0.3, -0.25) is 4.79 Å². The quantitative estimate of drug-likeness (QED) is 0.734. The molecule has 2 aromatic carbocycles. The van der Waals surface area contributed by atoms with Crippen molar-refractivity contribution in [1.82, 2.24) is 15.3 Å². The summed E-state index contributed by atoms with van der Waals surface area (Å²) in [7, 11) is 1.57. The number of benzene rings is 2. The number of amides is 1. The third-order valence-corrected chi connectivity index (χ3v) is 3.80. The van der Waals surface area contributed by atoms with Gasteiger partial charge >= 0.3 is 0 Å². The minimum absolute atomic E-state index is 0.0977. The van der Waals surface area contributed by atoms with Crippen LogP contribution in [0.4, 0.5) is 0 Å². The third-order valence-electron chi connectivity index (χ3n) is 3.57. The maximum Gasteiger partial charge on any atom is 0.258 e. The van der Waals surface area contributed by atoms with Gasteiger partial charge in [0.05, 0.1) is 12.6 Å². The van der Waals surface area contributed by atoms with Crippen molar-refractivity contribution >= 4 is 28.4 Å². The van der Waals surface area contributed by atoms with Crippen molar-refractivity contribution in [2.75, 3.05) is 13.7 Å². The van der Waals surface area contributed by atoms with E-state index in [2.05, 4.69) is 15.3 Å². The van der Waals surface area contributed by atoms with Crippen molar-refractivity contribution in [3.8, 4) is 11.5 Å². The first-order valence-corrected chi connectivity index (χ1v) is 7.95. The Kier molecular flexibility index (Phi) is 5.30. The fourth-order valence-electron chi connectivity index (χ4n) is 2.32. The molecule has 0 atom stereocenters.